The maximum Gasteiger partial charge on any atom is 0.191 e. The number of nitrogens with one attached hydrogen (secondary N) is 2. The fourth-order valence-electron chi connectivity index (χ4n) is 2.51. The van der Waals surface area contributed by atoms with Crippen molar-refractivity contribution in [1.82, 2.24) is 25.4 Å². The highest BCUT2D eigenvalue weighted by atomic mass is 16.3. The second-order valence-corrected chi connectivity index (χ2v) is 5.75. The summed E-state index contributed by atoms with van der Waals surface area (Å²) in [5.74, 6) is 2.14. The second-order valence-electron chi connectivity index (χ2n) is 5.75. The van der Waals surface area contributed by atoms with Crippen molar-refractivity contribution in [3.05, 3.63) is 42.0 Å². The Morgan fingerprint density at radius 2 is 2.00 bits per heavy atom. The minimum atomic E-state index is 0.305. The number of aromatic nitrogens is 3. The molecule has 0 unspecified atom stereocenters. The molecular formula is C18H28N6O. The largest absolute Gasteiger partial charge is 0.508 e. The van der Waals surface area contributed by atoms with Crippen LogP contribution in [-0.2, 0) is 19.4 Å². The highest BCUT2D eigenvalue weighted by molar-refractivity contribution is 5.79. The average molecular weight is 344 g/mol. The van der Waals surface area contributed by atoms with Gasteiger partial charge in [-0.25, -0.2) is 0 Å². The summed E-state index contributed by atoms with van der Waals surface area (Å²) in [6.07, 6.45) is 4.56. The third kappa shape index (κ3) is 6.45. The summed E-state index contributed by atoms with van der Waals surface area (Å²) in [7, 11) is 0. The molecule has 0 fully saturated rings. The first kappa shape index (κ1) is 18.8. The summed E-state index contributed by atoms with van der Waals surface area (Å²) in [4.78, 5) is 4.61. The molecule has 0 amide bonds. The van der Waals surface area contributed by atoms with Crippen LogP contribution in [0.4, 0.5) is 0 Å². The number of phenols is 1. The van der Waals surface area contributed by atoms with E-state index in [1.54, 1.807) is 18.5 Å². The van der Waals surface area contributed by atoms with Crippen LogP contribution in [0.25, 0.3) is 0 Å². The van der Waals surface area contributed by atoms with Gasteiger partial charge in [-0.05, 0) is 37.5 Å². The van der Waals surface area contributed by atoms with Crippen LogP contribution in [0.2, 0.25) is 0 Å². The van der Waals surface area contributed by atoms with E-state index >= 15 is 0 Å². The molecule has 7 nitrogen and oxygen atoms in total. The number of hydrogen-bond donors (Lipinski definition) is 3. The Bertz CT molecular complexity index is 650. The standard InChI is InChI=1S/C18H28N6O/c1-3-17-23-22-14-24(17)13-12-21-18(19-4-2)20-11-5-6-15-7-9-16(25)10-8-15/h7-10,14,25H,3-6,11-13H2,1-2H3,(H2,19,20,21). The molecule has 25 heavy (non-hydrogen) atoms. The van der Waals surface area contributed by atoms with Crippen molar-refractivity contribution in [3.8, 4) is 5.75 Å². The van der Waals surface area contributed by atoms with Crippen LogP contribution >= 0.6 is 0 Å². The molecule has 0 aliphatic rings. The van der Waals surface area contributed by atoms with Crippen LogP contribution in [-0.4, -0.2) is 45.5 Å². The zero-order valence-corrected chi connectivity index (χ0v) is 15.1. The second kappa shape index (κ2) is 10.3. The summed E-state index contributed by atoms with van der Waals surface area (Å²) < 4.78 is 2.06. The first-order chi connectivity index (χ1) is 12.2. The van der Waals surface area contributed by atoms with Gasteiger partial charge < -0.3 is 20.3 Å². The number of benzene rings is 1. The number of phenolic OH excluding ortho intramolecular Hbond substituents is 1. The molecule has 0 saturated heterocycles. The molecule has 7 heteroatoms. The molecule has 0 saturated carbocycles. The van der Waals surface area contributed by atoms with Gasteiger partial charge in [0.15, 0.2) is 5.96 Å². The number of hydrogen-bond acceptors (Lipinski definition) is 4. The SMILES string of the molecule is CCNC(=NCCCc1ccc(O)cc1)NCCn1cnnc1CC. The van der Waals surface area contributed by atoms with Gasteiger partial charge in [0.05, 0.1) is 0 Å². The zero-order valence-electron chi connectivity index (χ0n) is 15.1. The predicted molar refractivity (Wildman–Crippen MR) is 99.8 cm³/mol. The van der Waals surface area contributed by atoms with Gasteiger partial charge in [0.25, 0.3) is 0 Å². The average Bonchev–Trinajstić information content (AvgIpc) is 3.07. The van der Waals surface area contributed by atoms with Crippen LogP contribution < -0.4 is 10.6 Å². The van der Waals surface area contributed by atoms with E-state index in [0.717, 1.165) is 57.2 Å². The quantitative estimate of drug-likeness (QED) is 0.366. The normalized spacial score (nSPS) is 11.5. The Kier molecular flexibility index (Phi) is 7.75. The Labute approximate surface area is 149 Å². The van der Waals surface area contributed by atoms with E-state index in [9.17, 15) is 5.11 Å². The van der Waals surface area contributed by atoms with Crippen molar-refractivity contribution in [2.75, 3.05) is 19.6 Å². The number of rotatable bonds is 9. The fraction of sp³-hybridized carbons (Fsp3) is 0.500. The molecule has 0 spiro atoms. The monoisotopic (exact) mass is 344 g/mol. The van der Waals surface area contributed by atoms with E-state index in [-0.39, 0.29) is 0 Å². The predicted octanol–water partition coefficient (Wildman–Crippen LogP) is 1.73. The van der Waals surface area contributed by atoms with Gasteiger partial charge in [0.2, 0.25) is 0 Å². The summed E-state index contributed by atoms with van der Waals surface area (Å²) in [5.41, 5.74) is 1.21. The number of aryl methyl sites for hydroxylation is 2. The third-order valence-corrected chi connectivity index (χ3v) is 3.83. The van der Waals surface area contributed by atoms with E-state index in [1.807, 2.05) is 12.1 Å². The first-order valence-corrected chi connectivity index (χ1v) is 8.89. The van der Waals surface area contributed by atoms with Crippen molar-refractivity contribution in [3.63, 3.8) is 0 Å². The summed E-state index contributed by atoms with van der Waals surface area (Å²) in [6, 6.07) is 7.35. The molecule has 0 atom stereocenters. The van der Waals surface area contributed by atoms with Crippen molar-refractivity contribution in [1.29, 1.82) is 0 Å². The van der Waals surface area contributed by atoms with Gasteiger partial charge in [0.1, 0.15) is 17.9 Å². The topological polar surface area (TPSA) is 87.4 Å². The number of aromatic hydroxyl groups is 1. The van der Waals surface area contributed by atoms with Gasteiger partial charge in [-0.15, -0.1) is 10.2 Å². The van der Waals surface area contributed by atoms with Crippen molar-refractivity contribution in [2.45, 2.75) is 39.7 Å². The molecule has 1 heterocycles. The highest BCUT2D eigenvalue weighted by Gasteiger charge is 2.02. The van der Waals surface area contributed by atoms with Gasteiger partial charge in [-0.2, -0.15) is 0 Å². The Balaban J connectivity index is 1.74. The lowest BCUT2D eigenvalue weighted by Crippen LogP contribution is -2.39. The van der Waals surface area contributed by atoms with Crippen LogP contribution in [0.15, 0.2) is 35.6 Å². The molecule has 0 aliphatic carbocycles. The summed E-state index contributed by atoms with van der Waals surface area (Å²) >= 11 is 0. The first-order valence-electron chi connectivity index (χ1n) is 8.89. The molecular weight excluding hydrogens is 316 g/mol. The lowest BCUT2D eigenvalue weighted by Gasteiger charge is -2.12. The number of aliphatic imine (C=N–C) groups is 1. The van der Waals surface area contributed by atoms with Crippen LogP contribution in [0.5, 0.6) is 5.75 Å². The Morgan fingerprint density at radius 1 is 1.20 bits per heavy atom. The fourth-order valence-corrected chi connectivity index (χ4v) is 2.51. The Hall–Kier alpha value is -2.57. The number of nitrogens with zero attached hydrogens (tertiary/aromatic N) is 4. The molecule has 0 radical (unpaired) electrons. The summed E-state index contributed by atoms with van der Waals surface area (Å²) in [6.45, 7) is 7.30. The Morgan fingerprint density at radius 3 is 2.72 bits per heavy atom. The van der Waals surface area contributed by atoms with Crippen LogP contribution in [0, 0.1) is 0 Å². The zero-order chi connectivity index (χ0) is 17.9. The summed E-state index contributed by atoms with van der Waals surface area (Å²) in [5, 5.41) is 23.9. The van der Waals surface area contributed by atoms with E-state index < -0.39 is 0 Å². The van der Waals surface area contributed by atoms with Crippen molar-refractivity contribution in [2.24, 2.45) is 4.99 Å². The molecule has 3 N–H and O–H groups in total. The van der Waals surface area contributed by atoms with E-state index in [1.165, 1.54) is 5.56 Å². The smallest absolute Gasteiger partial charge is 0.191 e. The molecule has 136 valence electrons. The maximum atomic E-state index is 9.30. The molecule has 1 aromatic heterocycles. The molecule has 0 aliphatic heterocycles. The molecule has 1 aromatic carbocycles. The van der Waals surface area contributed by atoms with Crippen molar-refractivity contribution >= 4 is 5.96 Å². The third-order valence-electron chi connectivity index (χ3n) is 3.83. The van der Waals surface area contributed by atoms with Gasteiger partial charge in [-0.1, -0.05) is 19.1 Å². The van der Waals surface area contributed by atoms with Crippen molar-refractivity contribution < 1.29 is 5.11 Å². The molecule has 2 rings (SSSR count). The van der Waals surface area contributed by atoms with E-state index in [0.29, 0.717) is 5.75 Å². The number of guanidine groups is 1. The van der Waals surface area contributed by atoms with Crippen LogP contribution in [0.1, 0.15) is 31.7 Å². The van der Waals surface area contributed by atoms with E-state index in [2.05, 4.69) is 44.2 Å². The van der Waals surface area contributed by atoms with Gasteiger partial charge in [0, 0.05) is 32.6 Å². The minimum absolute atomic E-state index is 0.305. The molecule has 0 bridgehead atoms. The minimum Gasteiger partial charge on any atom is -0.508 e. The maximum absolute atomic E-state index is 9.30. The van der Waals surface area contributed by atoms with E-state index in [4.69, 9.17) is 0 Å². The van der Waals surface area contributed by atoms with Crippen LogP contribution in [0.3, 0.4) is 0 Å². The molecule has 2 aromatic rings. The lowest BCUT2D eigenvalue weighted by atomic mass is 10.1. The lowest BCUT2D eigenvalue weighted by molar-refractivity contribution is 0.475. The highest BCUT2D eigenvalue weighted by Crippen LogP contribution is 2.10. The van der Waals surface area contributed by atoms with Gasteiger partial charge in [-0.3, -0.25) is 4.99 Å². The van der Waals surface area contributed by atoms with Gasteiger partial charge >= 0.3 is 0 Å².